The number of sulfonamides is 1. The third-order valence-electron chi connectivity index (χ3n) is 7.00. The molecule has 0 bridgehead atoms. The predicted octanol–water partition coefficient (Wildman–Crippen LogP) is 5.65. The van der Waals surface area contributed by atoms with Crippen molar-refractivity contribution in [2.24, 2.45) is 0 Å². The molecule has 0 aliphatic heterocycles. The lowest BCUT2D eigenvalue weighted by molar-refractivity contribution is -0.139. The number of anilines is 1. The van der Waals surface area contributed by atoms with E-state index in [9.17, 15) is 18.0 Å². The Morgan fingerprint density at radius 1 is 0.833 bits per heavy atom. The van der Waals surface area contributed by atoms with Crippen LogP contribution in [0.5, 0.6) is 0 Å². The van der Waals surface area contributed by atoms with Crippen molar-refractivity contribution in [2.75, 3.05) is 17.9 Å². The molecule has 0 aromatic heterocycles. The molecule has 0 saturated carbocycles. The summed E-state index contributed by atoms with van der Waals surface area (Å²) in [5.41, 5.74) is 3.65. The second kappa shape index (κ2) is 13.8. The maximum Gasteiger partial charge on any atom is 0.264 e. The molecule has 42 heavy (non-hydrogen) atoms. The first-order valence-corrected chi connectivity index (χ1v) is 15.8. The average molecular weight is 649 g/mol. The largest absolute Gasteiger partial charge is 0.357 e. The van der Waals surface area contributed by atoms with Crippen molar-refractivity contribution in [1.29, 1.82) is 0 Å². The highest BCUT2D eigenvalue weighted by Gasteiger charge is 2.34. The van der Waals surface area contributed by atoms with Crippen LogP contribution in [0.1, 0.15) is 22.3 Å². The number of likely N-dealkylation sites (N-methyl/N-ethyl adjacent to an activating group) is 1. The molecule has 4 rings (SSSR count). The number of aryl methyl sites for hydroxylation is 2. The van der Waals surface area contributed by atoms with Gasteiger partial charge in [0.15, 0.2) is 0 Å². The summed E-state index contributed by atoms with van der Waals surface area (Å²) < 4.78 is 30.1. The molecule has 1 N–H and O–H groups in total. The summed E-state index contributed by atoms with van der Waals surface area (Å²) in [6, 6.07) is 29.6. The van der Waals surface area contributed by atoms with E-state index in [1.54, 1.807) is 24.3 Å². The molecule has 7 nitrogen and oxygen atoms in total. The third-order valence-corrected chi connectivity index (χ3v) is 9.27. The number of nitrogens with zero attached hydrogens (tertiary/aromatic N) is 2. The molecule has 0 fully saturated rings. The minimum absolute atomic E-state index is 0.0735. The van der Waals surface area contributed by atoms with E-state index < -0.39 is 28.5 Å². The fraction of sp³-hybridized carbons (Fsp3) is 0.212. The number of benzene rings is 4. The predicted molar refractivity (Wildman–Crippen MR) is 170 cm³/mol. The van der Waals surface area contributed by atoms with Crippen LogP contribution in [0.15, 0.2) is 112 Å². The molecule has 0 radical (unpaired) electrons. The molecule has 0 aliphatic carbocycles. The second-order valence-corrected chi connectivity index (χ2v) is 12.9. The molecule has 218 valence electrons. The zero-order valence-electron chi connectivity index (χ0n) is 23.8. The topological polar surface area (TPSA) is 86.8 Å². The highest BCUT2D eigenvalue weighted by molar-refractivity contribution is 9.10. The van der Waals surface area contributed by atoms with Crippen molar-refractivity contribution in [3.8, 4) is 0 Å². The van der Waals surface area contributed by atoms with Crippen LogP contribution in [-0.2, 0) is 32.6 Å². The smallest absolute Gasteiger partial charge is 0.264 e. The van der Waals surface area contributed by atoms with Gasteiger partial charge in [-0.05, 0) is 66.4 Å². The van der Waals surface area contributed by atoms with Crippen molar-refractivity contribution in [2.45, 2.75) is 37.8 Å². The van der Waals surface area contributed by atoms with Gasteiger partial charge in [-0.3, -0.25) is 13.9 Å². The van der Waals surface area contributed by atoms with Crippen molar-refractivity contribution < 1.29 is 18.0 Å². The lowest BCUT2D eigenvalue weighted by Gasteiger charge is -2.34. The zero-order chi connectivity index (χ0) is 30.3. The number of nitrogens with one attached hydrogen (secondary N) is 1. The van der Waals surface area contributed by atoms with E-state index >= 15 is 0 Å². The Bertz CT molecular complexity index is 1650. The molecular weight excluding hydrogens is 614 g/mol. The summed E-state index contributed by atoms with van der Waals surface area (Å²) in [5, 5.41) is 2.70. The van der Waals surface area contributed by atoms with E-state index in [1.807, 2.05) is 80.6 Å². The Labute approximate surface area is 256 Å². The first-order chi connectivity index (χ1) is 20.1. The van der Waals surface area contributed by atoms with Gasteiger partial charge in [0.05, 0.1) is 10.6 Å². The van der Waals surface area contributed by atoms with E-state index in [1.165, 1.54) is 24.1 Å². The monoisotopic (exact) mass is 647 g/mol. The van der Waals surface area contributed by atoms with Gasteiger partial charge in [0, 0.05) is 24.5 Å². The first-order valence-electron chi connectivity index (χ1n) is 13.5. The van der Waals surface area contributed by atoms with Crippen LogP contribution in [0.4, 0.5) is 5.69 Å². The van der Waals surface area contributed by atoms with Crippen LogP contribution in [0, 0.1) is 13.8 Å². The highest BCUT2D eigenvalue weighted by Crippen LogP contribution is 2.29. The van der Waals surface area contributed by atoms with Gasteiger partial charge in [0.25, 0.3) is 10.0 Å². The minimum Gasteiger partial charge on any atom is -0.357 e. The quantitative estimate of drug-likeness (QED) is 0.228. The number of hydrogen-bond donors (Lipinski definition) is 1. The Hall–Kier alpha value is -3.95. The van der Waals surface area contributed by atoms with E-state index in [2.05, 4.69) is 21.2 Å². The first kappa shape index (κ1) is 31.0. The molecule has 0 spiro atoms. The fourth-order valence-corrected chi connectivity index (χ4v) is 6.71. The highest BCUT2D eigenvalue weighted by atomic mass is 79.9. The van der Waals surface area contributed by atoms with Crippen LogP contribution in [0.25, 0.3) is 0 Å². The summed E-state index contributed by atoms with van der Waals surface area (Å²) in [5.74, 6) is -0.841. The molecule has 0 saturated heterocycles. The van der Waals surface area contributed by atoms with Gasteiger partial charge in [-0.25, -0.2) is 8.42 Å². The lowest BCUT2D eigenvalue weighted by Crippen LogP contribution is -2.53. The molecular formula is C33H34BrN3O4S. The summed E-state index contributed by atoms with van der Waals surface area (Å²) in [7, 11) is -2.60. The van der Waals surface area contributed by atoms with E-state index in [0.29, 0.717) is 11.3 Å². The molecule has 0 unspecified atom stereocenters. The van der Waals surface area contributed by atoms with Gasteiger partial charge in [-0.15, -0.1) is 0 Å². The van der Waals surface area contributed by atoms with Gasteiger partial charge in [-0.2, -0.15) is 0 Å². The van der Waals surface area contributed by atoms with E-state index in [4.69, 9.17) is 0 Å². The molecule has 4 aromatic rings. The minimum atomic E-state index is -4.13. The number of hydrogen-bond acceptors (Lipinski definition) is 4. The summed E-state index contributed by atoms with van der Waals surface area (Å²) in [6.07, 6.45) is 0.259. The van der Waals surface area contributed by atoms with Crippen LogP contribution in [-0.4, -0.2) is 44.8 Å². The second-order valence-electron chi connectivity index (χ2n) is 10.1. The van der Waals surface area contributed by atoms with E-state index in [0.717, 1.165) is 25.5 Å². The van der Waals surface area contributed by atoms with Crippen LogP contribution in [0.3, 0.4) is 0 Å². The Kier molecular flexibility index (Phi) is 10.2. The van der Waals surface area contributed by atoms with Crippen molar-refractivity contribution in [3.05, 3.63) is 130 Å². The third kappa shape index (κ3) is 7.46. The van der Waals surface area contributed by atoms with Crippen LogP contribution >= 0.6 is 15.9 Å². The number of carbonyl (C=O) groups is 2. The number of halogens is 1. The fourth-order valence-electron chi connectivity index (χ4n) is 4.77. The Morgan fingerprint density at radius 2 is 1.48 bits per heavy atom. The number of carbonyl (C=O) groups excluding carboxylic acids is 2. The zero-order valence-corrected chi connectivity index (χ0v) is 26.2. The molecule has 2 amide bonds. The number of rotatable bonds is 11. The van der Waals surface area contributed by atoms with Crippen LogP contribution < -0.4 is 9.62 Å². The molecule has 4 aromatic carbocycles. The molecule has 1 atom stereocenters. The summed E-state index contributed by atoms with van der Waals surface area (Å²) >= 11 is 3.49. The Morgan fingerprint density at radius 3 is 2.12 bits per heavy atom. The average Bonchev–Trinajstić information content (AvgIpc) is 2.99. The van der Waals surface area contributed by atoms with Gasteiger partial charge in [0.1, 0.15) is 12.6 Å². The maximum absolute atomic E-state index is 14.4. The standard InChI is InChI=1S/C33H34BrN3O4S/c1-24-17-18-25(2)30(19-24)37(42(40,41)29-15-8-5-9-16-29)23-32(38)36(22-27-13-10-14-28(34)20-27)31(33(39)35-3)21-26-11-6-4-7-12-26/h4-20,31H,21-23H2,1-3H3,(H,35,39)/t31-/m1/s1. The number of amides is 2. The van der Waals surface area contributed by atoms with Crippen molar-refractivity contribution in [1.82, 2.24) is 10.2 Å². The summed E-state index contributed by atoms with van der Waals surface area (Å²) in [4.78, 5) is 29.3. The lowest BCUT2D eigenvalue weighted by atomic mass is 10.0. The molecule has 0 heterocycles. The van der Waals surface area contributed by atoms with Crippen molar-refractivity contribution >= 4 is 43.5 Å². The molecule has 9 heteroatoms. The maximum atomic E-state index is 14.4. The van der Waals surface area contributed by atoms with Gasteiger partial charge in [-0.1, -0.05) is 88.7 Å². The van der Waals surface area contributed by atoms with Gasteiger partial charge in [0.2, 0.25) is 11.8 Å². The van der Waals surface area contributed by atoms with Crippen molar-refractivity contribution in [3.63, 3.8) is 0 Å². The van der Waals surface area contributed by atoms with E-state index in [-0.39, 0.29) is 23.8 Å². The van der Waals surface area contributed by atoms with Gasteiger partial charge >= 0.3 is 0 Å². The SMILES string of the molecule is CNC(=O)[C@@H](Cc1ccccc1)N(Cc1cccc(Br)c1)C(=O)CN(c1cc(C)ccc1C)S(=O)(=O)c1ccccc1. The van der Waals surface area contributed by atoms with Gasteiger partial charge < -0.3 is 10.2 Å². The Balaban J connectivity index is 1.81. The van der Waals surface area contributed by atoms with Crippen LogP contribution in [0.2, 0.25) is 0 Å². The molecule has 0 aliphatic rings. The summed E-state index contributed by atoms with van der Waals surface area (Å²) in [6.45, 7) is 3.31. The normalized spacial score (nSPS) is 11.9.